The van der Waals surface area contributed by atoms with Gasteiger partial charge < -0.3 is 20.1 Å². The molecule has 1 aromatic heterocycles. The standard InChI is InChI=1S/C19H28N2O4S/c1-24-10-4-9-20-18(23)16-14-5-2-3-6-15(14)26-19(16)21-17(22)13-7-11-25-12-8-13/h13H,2-12H2,1H3,(H,20,23)(H,21,22). The van der Waals surface area contributed by atoms with Crippen LogP contribution in [0.3, 0.4) is 0 Å². The molecule has 1 saturated heterocycles. The quantitative estimate of drug-likeness (QED) is 0.713. The average molecular weight is 381 g/mol. The third kappa shape index (κ3) is 4.64. The van der Waals surface area contributed by atoms with Crippen LogP contribution in [-0.2, 0) is 27.1 Å². The number of carbonyl (C=O) groups excluding carboxylic acids is 2. The molecule has 2 amide bonds. The lowest BCUT2D eigenvalue weighted by Crippen LogP contribution is -2.30. The van der Waals surface area contributed by atoms with E-state index in [0.717, 1.165) is 55.5 Å². The van der Waals surface area contributed by atoms with Crippen molar-refractivity contribution < 1.29 is 19.1 Å². The second-order valence-corrected chi connectivity index (χ2v) is 8.00. The van der Waals surface area contributed by atoms with Gasteiger partial charge in [0.1, 0.15) is 5.00 Å². The summed E-state index contributed by atoms with van der Waals surface area (Å²) in [5, 5.41) is 6.76. The fourth-order valence-electron chi connectivity index (χ4n) is 3.57. The lowest BCUT2D eigenvalue weighted by molar-refractivity contribution is -0.122. The first kappa shape index (κ1) is 19.3. The van der Waals surface area contributed by atoms with Gasteiger partial charge >= 0.3 is 0 Å². The Bertz CT molecular complexity index is 638. The summed E-state index contributed by atoms with van der Waals surface area (Å²) in [7, 11) is 1.65. The van der Waals surface area contributed by atoms with Crippen molar-refractivity contribution >= 4 is 28.2 Å². The van der Waals surface area contributed by atoms with Gasteiger partial charge in [0.15, 0.2) is 0 Å². The van der Waals surface area contributed by atoms with Gasteiger partial charge in [-0.1, -0.05) is 0 Å². The third-order valence-corrected chi connectivity index (χ3v) is 6.25. The van der Waals surface area contributed by atoms with E-state index in [0.29, 0.717) is 31.9 Å². The number of methoxy groups -OCH3 is 1. The third-order valence-electron chi connectivity index (χ3n) is 5.04. The maximum absolute atomic E-state index is 12.8. The molecule has 0 spiro atoms. The molecule has 144 valence electrons. The minimum atomic E-state index is -0.0808. The van der Waals surface area contributed by atoms with Gasteiger partial charge in [-0.2, -0.15) is 0 Å². The Morgan fingerprint density at radius 1 is 1.23 bits per heavy atom. The summed E-state index contributed by atoms with van der Waals surface area (Å²) in [6, 6.07) is 0. The molecule has 1 aromatic rings. The number of nitrogens with one attached hydrogen (secondary N) is 2. The highest BCUT2D eigenvalue weighted by Gasteiger charge is 2.28. The van der Waals surface area contributed by atoms with Crippen LogP contribution in [0, 0.1) is 5.92 Å². The second kappa shape index (κ2) is 9.48. The van der Waals surface area contributed by atoms with E-state index >= 15 is 0 Å². The number of hydrogen-bond acceptors (Lipinski definition) is 5. The van der Waals surface area contributed by atoms with Gasteiger partial charge in [-0.25, -0.2) is 0 Å². The second-order valence-electron chi connectivity index (χ2n) is 6.89. The summed E-state index contributed by atoms with van der Waals surface area (Å²) in [4.78, 5) is 26.7. The molecule has 0 radical (unpaired) electrons. The van der Waals surface area contributed by atoms with Gasteiger partial charge in [-0.05, 0) is 50.5 Å². The molecule has 1 aliphatic carbocycles. The molecule has 0 aromatic carbocycles. The van der Waals surface area contributed by atoms with E-state index in [1.54, 1.807) is 18.4 Å². The summed E-state index contributed by atoms with van der Waals surface area (Å²) >= 11 is 1.58. The SMILES string of the molecule is COCCCNC(=O)c1c(NC(=O)C2CCOCC2)sc2c1CCCC2. The molecule has 2 heterocycles. The van der Waals surface area contributed by atoms with E-state index in [2.05, 4.69) is 10.6 Å². The van der Waals surface area contributed by atoms with Crippen LogP contribution >= 0.6 is 11.3 Å². The highest BCUT2D eigenvalue weighted by atomic mass is 32.1. The van der Waals surface area contributed by atoms with Crippen molar-refractivity contribution in [3.63, 3.8) is 0 Å². The monoisotopic (exact) mass is 380 g/mol. The van der Waals surface area contributed by atoms with E-state index in [9.17, 15) is 9.59 Å². The topological polar surface area (TPSA) is 76.7 Å². The molecule has 2 aliphatic rings. The van der Waals surface area contributed by atoms with Crippen molar-refractivity contribution in [2.75, 3.05) is 38.8 Å². The molecular formula is C19H28N2O4S. The van der Waals surface area contributed by atoms with E-state index in [1.165, 1.54) is 4.88 Å². The zero-order valence-corrected chi connectivity index (χ0v) is 16.2. The van der Waals surface area contributed by atoms with E-state index in [1.807, 2.05) is 0 Å². The lowest BCUT2D eigenvalue weighted by Gasteiger charge is -2.21. The predicted octanol–water partition coefficient (Wildman–Crippen LogP) is 2.76. The summed E-state index contributed by atoms with van der Waals surface area (Å²) in [5.41, 5.74) is 1.82. The molecule has 7 heteroatoms. The largest absolute Gasteiger partial charge is 0.385 e. The van der Waals surface area contributed by atoms with Gasteiger partial charge in [0.2, 0.25) is 5.91 Å². The summed E-state index contributed by atoms with van der Waals surface area (Å²) < 4.78 is 10.4. The van der Waals surface area contributed by atoms with Gasteiger partial charge in [0, 0.05) is 44.3 Å². The smallest absolute Gasteiger partial charge is 0.254 e. The van der Waals surface area contributed by atoms with E-state index < -0.39 is 0 Å². The van der Waals surface area contributed by atoms with Crippen LogP contribution in [-0.4, -0.2) is 45.3 Å². The minimum absolute atomic E-state index is 0.0142. The molecule has 1 aliphatic heterocycles. The van der Waals surface area contributed by atoms with Crippen molar-refractivity contribution in [2.45, 2.75) is 44.9 Å². The maximum atomic E-state index is 12.8. The van der Waals surface area contributed by atoms with Crippen LogP contribution in [0.1, 0.15) is 52.9 Å². The van der Waals surface area contributed by atoms with Crippen LogP contribution in [0.15, 0.2) is 0 Å². The molecule has 2 N–H and O–H groups in total. The van der Waals surface area contributed by atoms with Crippen LogP contribution in [0.5, 0.6) is 0 Å². The van der Waals surface area contributed by atoms with Gasteiger partial charge in [-0.3, -0.25) is 9.59 Å². The number of hydrogen-bond donors (Lipinski definition) is 2. The Morgan fingerprint density at radius 3 is 2.77 bits per heavy atom. The minimum Gasteiger partial charge on any atom is -0.385 e. The highest BCUT2D eigenvalue weighted by Crippen LogP contribution is 2.38. The Balaban J connectivity index is 1.74. The molecule has 26 heavy (non-hydrogen) atoms. The van der Waals surface area contributed by atoms with Crippen molar-refractivity contribution in [1.82, 2.24) is 5.32 Å². The molecule has 6 nitrogen and oxygen atoms in total. The molecule has 1 fully saturated rings. The number of fused-ring (bicyclic) bond motifs is 1. The molecule has 0 unspecified atom stereocenters. The Labute approximate surface area is 158 Å². The number of ether oxygens (including phenoxy) is 2. The molecule has 3 rings (SSSR count). The van der Waals surface area contributed by atoms with Crippen molar-refractivity contribution in [3.8, 4) is 0 Å². The zero-order valence-electron chi connectivity index (χ0n) is 15.4. The number of carbonyl (C=O) groups is 2. The van der Waals surface area contributed by atoms with Crippen LogP contribution in [0.2, 0.25) is 0 Å². The van der Waals surface area contributed by atoms with Crippen molar-refractivity contribution in [2.24, 2.45) is 5.92 Å². The highest BCUT2D eigenvalue weighted by molar-refractivity contribution is 7.17. The molecule has 0 saturated carbocycles. The van der Waals surface area contributed by atoms with E-state index in [-0.39, 0.29) is 17.7 Å². The summed E-state index contributed by atoms with van der Waals surface area (Å²) in [6.45, 7) is 2.46. The summed E-state index contributed by atoms with van der Waals surface area (Å²) in [6.07, 6.45) is 6.43. The maximum Gasteiger partial charge on any atom is 0.254 e. The van der Waals surface area contributed by atoms with Gasteiger partial charge in [0.05, 0.1) is 5.56 Å². The first-order valence-corrected chi connectivity index (χ1v) is 10.3. The number of thiophene rings is 1. The van der Waals surface area contributed by atoms with Crippen LogP contribution < -0.4 is 10.6 Å². The zero-order chi connectivity index (χ0) is 18.4. The Hall–Kier alpha value is -1.44. The van der Waals surface area contributed by atoms with Gasteiger partial charge in [-0.15, -0.1) is 11.3 Å². The first-order chi connectivity index (χ1) is 12.7. The number of rotatable bonds is 7. The lowest BCUT2D eigenvalue weighted by atomic mass is 9.95. The van der Waals surface area contributed by atoms with Crippen molar-refractivity contribution in [1.29, 1.82) is 0 Å². The predicted molar refractivity (Wildman–Crippen MR) is 102 cm³/mol. The molecule has 0 bridgehead atoms. The Kier molecular flexibility index (Phi) is 7.05. The summed E-state index contributed by atoms with van der Waals surface area (Å²) in [5.74, 6) is -0.0939. The van der Waals surface area contributed by atoms with Crippen molar-refractivity contribution in [3.05, 3.63) is 16.0 Å². The number of amides is 2. The molecule has 0 atom stereocenters. The fourth-order valence-corrected chi connectivity index (χ4v) is 4.86. The number of anilines is 1. The average Bonchev–Trinajstić information content (AvgIpc) is 3.03. The van der Waals surface area contributed by atoms with Gasteiger partial charge in [0.25, 0.3) is 5.91 Å². The van der Waals surface area contributed by atoms with Crippen LogP contribution in [0.4, 0.5) is 5.00 Å². The van der Waals surface area contributed by atoms with Crippen LogP contribution in [0.25, 0.3) is 0 Å². The number of aryl methyl sites for hydroxylation is 1. The normalized spacial score (nSPS) is 17.6. The fraction of sp³-hybridized carbons (Fsp3) is 0.684. The van der Waals surface area contributed by atoms with E-state index in [4.69, 9.17) is 9.47 Å². The Morgan fingerprint density at radius 2 is 2.00 bits per heavy atom. The first-order valence-electron chi connectivity index (χ1n) is 9.51. The molecular weight excluding hydrogens is 352 g/mol.